The zero-order chi connectivity index (χ0) is 2.71. The average Bonchev–Trinajstić information content (AvgIpc) is 0.918. The second-order valence-electron chi connectivity index (χ2n) is 0.250. The Kier molecular flexibility index (Phi) is 19.9. The van der Waals surface area contributed by atoms with E-state index in [1.54, 1.807) is 0 Å². The molecule has 0 rings (SSSR count). The minimum absolute atomic E-state index is 0. The molecule has 0 spiro atoms. The Labute approximate surface area is 52.0 Å². The molecule has 0 amide bonds. The Morgan fingerprint density at radius 2 is 1.25 bits per heavy atom. The SMILES string of the molecule is [CH2-]N[CH2-].[Y]. The van der Waals surface area contributed by atoms with E-state index in [4.69, 9.17) is 0 Å². The van der Waals surface area contributed by atoms with E-state index in [-0.39, 0.29) is 32.7 Å². The van der Waals surface area contributed by atoms with Crippen LogP contribution in [0.4, 0.5) is 0 Å². The minimum Gasteiger partial charge on any atom is -0.623 e. The Bertz CT molecular complexity index is 6.00. The van der Waals surface area contributed by atoms with Gasteiger partial charge in [-0.2, -0.15) is 0 Å². The maximum atomic E-state index is 3.12. The summed E-state index contributed by atoms with van der Waals surface area (Å²) < 4.78 is 0. The molecule has 0 fully saturated rings. The molecule has 0 aliphatic rings. The van der Waals surface area contributed by atoms with Crippen LogP contribution in [0.5, 0.6) is 0 Å². The van der Waals surface area contributed by atoms with Gasteiger partial charge < -0.3 is 19.4 Å². The van der Waals surface area contributed by atoms with E-state index in [9.17, 15) is 0 Å². The molecule has 0 saturated heterocycles. The monoisotopic (exact) mass is 132 g/mol. The maximum absolute atomic E-state index is 3.12. The standard InChI is InChI=1S/C2H5N.Y/c1-3-2;/h3H,1-2H2;/q-2;. The van der Waals surface area contributed by atoms with E-state index in [0.717, 1.165) is 0 Å². The first kappa shape index (κ1) is 8.91. The van der Waals surface area contributed by atoms with Gasteiger partial charge in [0, 0.05) is 32.7 Å². The van der Waals surface area contributed by atoms with Crippen LogP contribution in [0.2, 0.25) is 0 Å². The Balaban J connectivity index is 0. The van der Waals surface area contributed by atoms with Gasteiger partial charge in [-0.05, 0) is 0 Å². The van der Waals surface area contributed by atoms with Gasteiger partial charge in [-0.3, -0.25) is 0 Å². The Hall–Kier alpha value is 1.06. The van der Waals surface area contributed by atoms with Crippen LogP contribution in [0.25, 0.3) is 0 Å². The third-order valence-corrected chi connectivity index (χ3v) is 0. The quantitative estimate of drug-likeness (QED) is 0.463. The number of hydrogen-bond donors (Lipinski definition) is 1. The summed E-state index contributed by atoms with van der Waals surface area (Å²) in [4.78, 5) is 0. The Morgan fingerprint density at radius 1 is 1.25 bits per heavy atom. The summed E-state index contributed by atoms with van der Waals surface area (Å²) >= 11 is 0. The van der Waals surface area contributed by atoms with Gasteiger partial charge in [0.2, 0.25) is 0 Å². The summed E-state index contributed by atoms with van der Waals surface area (Å²) in [7, 11) is 6.25. The molecule has 1 N–H and O–H groups in total. The van der Waals surface area contributed by atoms with Crippen molar-refractivity contribution in [2.75, 3.05) is 0 Å². The predicted octanol–water partition coefficient (Wildman–Crippen LogP) is 0.157. The maximum Gasteiger partial charge on any atom is 0 e. The first-order chi connectivity index (χ1) is 1.41. The molecule has 1 nitrogen and oxygen atoms in total. The Morgan fingerprint density at radius 3 is 1.25 bits per heavy atom. The van der Waals surface area contributed by atoms with Gasteiger partial charge in [-0.1, -0.05) is 0 Å². The van der Waals surface area contributed by atoms with Gasteiger partial charge in [-0.15, -0.1) is 0 Å². The van der Waals surface area contributed by atoms with Gasteiger partial charge in [0.25, 0.3) is 0 Å². The van der Waals surface area contributed by atoms with Gasteiger partial charge in [0.05, 0.1) is 0 Å². The molecule has 4 heavy (non-hydrogen) atoms. The molecule has 0 atom stereocenters. The van der Waals surface area contributed by atoms with Crippen LogP contribution < -0.4 is 5.32 Å². The van der Waals surface area contributed by atoms with Crippen molar-refractivity contribution in [3.63, 3.8) is 0 Å². The van der Waals surface area contributed by atoms with Crippen LogP contribution in [0.15, 0.2) is 0 Å². The molecular formula is C2H5NY-2. The number of hydrogen-bond acceptors (Lipinski definition) is 1. The number of rotatable bonds is 0. The molecule has 0 bridgehead atoms. The van der Waals surface area contributed by atoms with Gasteiger partial charge in [0.1, 0.15) is 0 Å². The summed E-state index contributed by atoms with van der Waals surface area (Å²) in [5.74, 6) is 0. The molecule has 1 radical (unpaired) electrons. The second kappa shape index (κ2) is 8.96. The predicted molar refractivity (Wildman–Crippen MR) is 13.8 cm³/mol. The molecule has 0 aliphatic heterocycles. The van der Waals surface area contributed by atoms with E-state index in [0.29, 0.717) is 0 Å². The largest absolute Gasteiger partial charge is 0.623 e. The fourth-order valence-corrected chi connectivity index (χ4v) is 0. The molecule has 23 valence electrons. The first-order valence-corrected chi connectivity index (χ1v) is 0.707. The first-order valence-electron chi connectivity index (χ1n) is 0.707. The van der Waals surface area contributed by atoms with Crippen LogP contribution in [0.1, 0.15) is 0 Å². The van der Waals surface area contributed by atoms with Crippen molar-refractivity contribution in [1.82, 2.24) is 5.32 Å². The summed E-state index contributed by atoms with van der Waals surface area (Å²) in [6.45, 7) is 0. The van der Waals surface area contributed by atoms with Gasteiger partial charge in [-0.25, -0.2) is 0 Å². The fourth-order valence-electron chi connectivity index (χ4n) is 0. The van der Waals surface area contributed by atoms with Crippen molar-refractivity contribution < 1.29 is 32.7 Å². The summed E-state index contributed by atoms with van der Waals surface area (Å²) in [5.41, 5.74) is 0. The molecule has 0 aliphatic carbocycles. The van der Waals surface area contributed by atoms with Crippen molar-refractivity contribution in [3.05, 3.63) is 14.1 Å². The minimum atomic E-state index is 0. The van der Waals surface area contributed by atoms with Crippen LogP contribution in [0, 0.1) is 14.1 Å². The third-order valence-electron chi connectivity index (χ3n) is 0. The zero-order valence-electron chi connectivity index (χ0n) is 2.49. The average molecular weight is 132 g/mol. The van der Waals surface area contributed by atoms with Crippen LogP contribution in [-0.2, 0) is 32.7 Å². The van der Waals surface area contributed by atoms with Crippen molar-refractivity contribution in [2.24, 2.45) is 0 Å². The topological polar surface area (TPSA) is 12.0 Å². The second-order valence-corrected chi connectivity index (χ2v) is 0.250. The molecule has 0 aromatic heterocycles. The van der Waals surface area contributed by atoms with Crippen molar-refractivity contribution in [1.29, 1.82) is 0 Å². The molecule has 0 heterocycles. The molecule has 2 heteroatoms. The third kappa shape index (κ3) is 11.5. The van der Waals surface area contributed by atoms with Crippen molar-refractivity contribution in [3.8, 4) is 0 Å². The smallest absolute Gasteiger partial charge is 0 e. The van der Waals surface area contributed by atoms with E-state index in [1.165, 1.54) is 0 Å². The van der Waals surface area contributed by atoms with E-state index in [1.807, 2.05) is 0 Å². The molecule has 0 saturated carbocycles. The van der Waals surface area contributed by atoms with Gasteiger partial charge in [0.15, 0.2) is 0 Å². The fraction of sp³-hybridized carbons (Fsp3) is 0. The van der Waals surface area contributed by atoms with Crippen LogP contribution in [-0.4, -0.2) is 0 Å². The summed E-state index contributed by atoms with van der Waals surface area (Å²) in [6, 6.07) is 0. The summed E-state index contributed by atoms with van der Waals surface area (Å²) in [6.07, 6.45) is 0. The summed E-state index contributed by atoms with van der Waals surface area (Å²) in [5, 5.41) is 2.25. The van der Waals surface area contributed by atoms with E-state index >= 15 is 0 Å². The molecule has 0 aromatic rings. The van der Waals surface area contributed by atoms with Gasteiger partial charge >= 0.3 is 0 Å². The van der Waals surface area contributed by atoms with Crippen molar-refractivity contribution >= 4 is 0 Å². The molecule has 0 aromatic carbocycles. The van der Waals surface area contributed by atoms with E-state index in [2.05, 4.69) is 19.4 Å². The number of nitrogens with one attached hydrogen (secondary N) is 1. The molecule has 0 unspecified atom stereocenters. The van der Waals surface area contributed by atoms with Crippen LogP contribution >= 0.6 is 0 Å². The normalized spacial score (nSPS) is 4.50. The van der Waals surface area contributed by atoms with E-state index < -0.39 is 0 Å². The molecular weight excluding hydrogens is 127 g/mol. The zero-order valence-corrected chi connectivity index (χ0v) is 5.33. The van der Waals surface area contributed by atoms with Crippen LogP contribution in [0.3, 0.4) is 0 Å². The van der Waals surface area contributed by atoms with Crippen molar-refractivity contribution in [2.45, 2.75) is 0 Å².